The molecule has 0 fully saturated rings. The summed E-state index contributed by atoms with van der Waals surface area (Å²) in [6, 6.07) is 50.8. The minimum Gasteiger partial charge on any atom is -0.359 e. The second-order valence-electron chi connectivity index (χ2n) is 11.6. The second-order valence-corrected chi connectivity index (χ2v) is 12.6. The topological polar surface area (TPSA) is 53.1 Å². The standard InChI is InChI=1S/C41H26N4S/c42-25-26-10-8-13-28(22-26)36-24-35(27-11-2-1-3-12-27)43-41(44-36)29-14-9-15-30(23-29)45-37-18-6-4-16-31(37)33-20-21-34-32-17-5-7-19-38(32)46-40(34)39(33)45/h1-24,36H,(H,43,44). The summed E-state index contributed by atoms with van der Waals surface area (Å²) in [5.41, 5.74) is 8.09. The van der Waals surface area contributed by atoms with Crippen LogP contribution in [0.5, 0.6) is 0 Å². The quantitative estimate of drug-likeness (QED) is 0.217. The molecular weight excluding hydrogens is 581 g/mol. The Balaban J connectivity index is 1.24. The Morgan fingerprint density at radius 2 is 1.43 bits per heavy atom. The molecule has 46 heavy (non-hydrogen) atoms. The van der Waals surface area contributed by atoms with Gasteiger partial charge in [-0.1, -0.05) is 103 Å². The van der Waals surface area contributed by atoms with Crippen molar-refractivity contribution in [3.63, 3.8) is 0 Å². The predicted octanol–water partition coefficient (Wildman–Crippen LogP) is 10.2. The first-order valence-corrected chi connectivity index (χ1v) is 16.1. The molecule has 5 heteroatoms. The van der Waals surface area contributed by atoms with E-state index in [4.69, 9.17) is 4.99 Å². The molecule has 216 valence electrons. The first-order valence-electron chi connectivity index (χ1n) is 15.3. The Kier molecular flexibility index (Phi) is 6.09. The number of para-hydroxylation sites is 1. The zero-order chi connectivity index (χ0) is 30.6. The summed E-state index contributed by atoms with van der Waals surface area (Å²) in [7, 11) is 0. The van der Waals surface area contributed by atoms with Gasteiger partial charge >= 0.3 is 0 Å². The van der Waals surface area contributed by atoms with E-state index in [1.54, 1.807) is 0 Å². The number of rotatable bonds is 4. The number of hydrogen-bond donors (Lipinski definition) is 1. The van der Waals surface area contributed by atoms with E-state index in [9.17, 15) is 5.26 Å². The molecule has 0 bridgehead atoms. The van der Waals surface area contributed by atoms with E-state index in [2.05, 4.69) is 125 Å². The van der Waals surface area contributed by atoms with Crippen LogP contribution in [0.25, 0.3) is 53.4 Å². The van der Waals surface area contributed by atoms with Crippen LogP contribution in [0, 0.1) is 11.3 Å². The molecule has 1 aliphatic heterocycles. The van der Waals surface area contributed by atoms with E-state index in [1.807, 2.05) is 47.7 Å². The van der Waals surface area contributed by atoms with Crippen LogP contribution in [0.1, 0.15) is 28.3 Å². The summed E-state index contributed by atoms with van der Waals surface area (Å²) in [6.45, 7) is 0. The van der Waals surface area contributed by atoms with Crippen molar-refractivity contribution in [1.29, 1.82) is 5.26 Å². The zero-order valence-corrected chi connectivity index (χ0v) is 25.5. The lowest BCUT2D eigenvalue weighted by Gasteiger charge is -2.25. The highest BCUT2D eigenvalue weighted by Gasteiger charge is 2.22. The van der Waals surface area contributed by atoms with Crippen molar-refractivity contribution < 1.29 is 0 Å². The van der Waals surface area contributed by atoms with E-state index in [0.717, 1.165) is 33.9 Å². The summed E-state index contributed by atoms with van der Waals surface area (Å²) < 4.78 is 5.00. The fourth-order valence-corrected chi connectivity index (χ4v) is 7.97. The van der Waals surface area contributed by atoms with Gasteiger partial charge in [0.1, 0.15) is 5.84 Å². The van der Waals surface area contributed by atoms with Crippen molar-refractivity contribution in [1.82, 2.24) is 9.88 Å². The molecule has 0 saturated heterocycles. The average molecular weight is 607 g/mol. The summed E-state index contributed by atoms with van der Waals surface area (Å²) in [6.07, 6.45) is 2.14. The van der Waals surface area contributed by atoms with Gasteiger partial charge in [-0.15, -0.1) is 11.3 Å². The Bertz CT molecular complexity index is 2580. The summed E-state index contributed by atoms with van der Waals surface area (Å²) in [5, 5.41) is 18.3. The van der Waals surface area contributed by atoms with Crippen molar-refractivity contribution in [3.8, 4) is 11.8 Å². The van der Waals surface area contributed by atoms with Crippen molar-refractivity contribution in [3.05, 3.63) is 168 Å². The molecule has 0 aliphatic carbocycles. The van der Waals surface area contributed by atoms with Gasteiger partial charge in [-0.05, 0) is 53.6 Å². The van der Waals surface area contributed by atoms with Crippen LogP contribution in [0.2, 0.25) is 0 Å². The number of hydrogen-bond acceptors (Lipinski definition) is 4. The number of benzene rings is 6. The van der Waals surface area contributed by atoms with E-state index in [-0.39, 0.29) is 6.04 Å². The Hall–Kier alpha value is -5.96. The van der Waals surface area contributed by atoms with Crippen LogP contribution in [0.3, 0.4) is 0 Å². The average Bonchev–Trinajstić information content (AvgIpc) is 3.68. The normalized spacial score (nSPS) is 14.7. The van der Waals surface area contributed by atoms with Crippen LogP contribution in [0.4, 0.5) is 0 Å². The van der Waals surface area contributed by atoms with E-state index < -0.39 is 0 Å². The maximum atomic E-state index is 9.59. The third-order valence-electron chi connectivity index (χ3n) is 8.85. The van der Waals surface area contributed by atoms with Crippen molar-refractivity contribution in [2.75, 3.05) is 0 Å². The number of aliphatic imine (C=N–C) groups is 1. The molecule has 6 aromatic carbocycles. The Morgan fingerprint density at radius 3 is 2.33 bits per heavy atom. The first kappa shape index (κ1) is 26.4. The number of nitriles is 1. The molecule has 8 aromatic rings. The third-order valence-corrected chi connectivity index (χ3v) is 10.0. The van der Waals surface area contributed by atoms with Gasteiger partial charge in [0.25, 0.3) is 0 Å². The number of amidine groups is 1. The summed E-state index contributed by atoms with van der Waals surface area (Å²) in [4.78, 5) is 5.16. The molecule has 1 atom stereocenters. The van der Waals surface area contributed by atoms with Crippen molar-refractivity contribution in [2.45, 2.75) is 6.04 Å². The lowest BCUT2D eigenvalue weighted by Crippen LogP contribution is -2.31. The highest BCUT2D eigenvalue weighted by molar-refractivity contribution is 7.26. The highest BCUT2D eigenvalue weighted by atomic mass is 32.1. The molecule has 3 heterocycles. The summed E-state index contributed by atoms with van der Waals surface area (Å²) >= 11 is 1.86. The fourth-order valence-electron chi connectivity index (χ4n) is 6.73. The molecule has 0 amide bonds. The Labute approximate surface area is 269 Å². The third kappa shape index (κ3) is 4.23. The monoisotopic (exact) mass is 606 g/mol. The van der Waals surface area contributed by atoms with Gasteiger partial charge in [-0.25, -0.2) is 4.99 Å². The second kappa shape index (κ2) is 10.6. The van der Waals surface area contributed by atoms with Gasteiger partial charge in [0.15, 0.2) is 0 Å². The lowest BCUT2D eigenvalue weighted by atomic mass is 9.99. The van der Waals surface area contributed by atoms with Gasteiger partial charge in [0.05, 0.1) is 39.1 Å². The molecule has 0 radical (unpaired) electrons. The van der Waals surface area contributed by atoms with Crippen LogP contribution in [-0.4, -0.2) is 10.4 Å². The van der Waals surface area contributed by atoms with E-state index in [0.29, 0.717) is 5.56 Å². The number of fused-ring (bicyclic) bond motifs is 7. The van der Waals surface area contributed by atoms with Gasteiger partial charge in [0.2, 0.25) is 0 Å². The number of nitrogens with one attached hydrogen (secondary N) is 1. The van der Waals surface area contributed by atoms with Crippen molar-refractivity contribution in [2.24, 2.45) is 4.99 Å². The minimum absolute atomic E-state index is 0.147. The number of thiophene rings is 1. The molecule has 1 unspecified atom stereocenters. The summed E-state index contributed by atoms with van der Waals surface area (Å²) in [5.74, 6) is 0.795. The van der Waals surface area contributed by atoms with Crippen LogP contribution < -0.4 is 5.32 Å². The predicted molar refractivity (Wildman–Crippen MR) is 192 cm³/mol. The largest absolute Gasteiger partial charge is 0.359 e. The highest BCUT2D eigenvalue weighted by Crippen LogP contribution is 2.43. The van der Waals surface area contributed by atoms with E-state index >= 15 is 0 Å². The molecule has 1 aliphatic rings. The molecule has 9 rings (SSSR count). The molecule has 0 saturated carbocycles. The van der Waals surface area contributed by atoms with Gasteiger partial charge < -0.3 is 9.88 Å². The van der Waals surface area contributed by atoms with Crippen molar-refractivity contribution >= 4 is 64.8 Å². The van der Waals surface area contributed by atoms with Gasteiger partial charge in [-0.2, -0.15) is 5.26 Å². The number of aromatic nitrogens is 1. The molecule has 4 nitrogen and oxygen atoms in total. The maximum Gasteiger partial charge on any atom is 0.134 e. The number of nitrogens with zero attached hydrogens (tertiary/aromatic N) is 3. The SMILES string of the molecule is N#Cc1cccc(C2C=C(c3ccccc3)N=C(c3cccc(-n4c5ccccc5c5ccc6c7ccccc7sc6c54)c3)N2)c1. The first-order chi connectivity index (χ1) is 22.7. The molecule has 1 N–H and O–H groups in total. The van der Waals surface area contributed by atoms with Gasteiger partial charge in [-0.3, -0.25) is 0 Å². The maximum absolute atomic E-state index is 9.59. The Morgan fingerprint density at radius 1 is 0.674 bits per heavy atom. The van der Waals surface area contributed by atoms with Gasteiger partial charge in [0, 0.05) is 37.5 Å². The molecule has 0 spiro atoms. The smallest absolute Gasteiger partial charge is 0.134 e. The minimum atomic E-state index is -0.147. The van der Waals surface area contributed by atoms with E-state index in [1.165, 1.54) is 42.0 Å². The zero-order valence-electron chi connectivity index (χ0n) is 24.7. The molecule has 2 aromatic heterocycles. The lowest BCUT2D eigenvalue weighted by molar-refractivity contribution is 0.780. The van der Waals surface area contributed by atoms with Crippen LogP contribution in [-0.2, 0) is 0 Å². The van der Waals surface area contributed by atoms with Crippen LogP contribution >= 0.6 is 11.3 Å². The molecular formula is C41H26N4S. The van der Waals surface area contributed by atoms with Crippen LogP contribution in [0.15, 0.2) is 151 Å². The fraction of sp³-hybridized carbons (Fsp3) is 0.0244.